The quantitative estimate of drug-likeness (QED) is 0.882. The maximum atomic E-state index is 12.0. The van der Waals surface area contributed by atoms with Crippen molar-refractivity contribution in [3.63, 3.8) is 0 Å². The van der Waals surface area contributed by atoms with Crippen LogP contribution >= 0.6 is 11.6 Å². The van der Waals surface area contributed by atoms with Crippen molar-refractivity contribution in [2.45, 2.75) is 26.1 Å². The summed E-state index contributed by atoms with van der Waals surface area (Å²) in [6.45, 7) is 6.66. The molecule has 0 radical (unpaired) electrons. The zero-order chi connectivity index (χ0) is 12.4. The lowest BCUT2D eigenvalue weighted by Crippen LogP contribution is -2.44. The highest BCUT2D eigenvalue weighted by Crippen LogP contribution is 2.22. The van der Waals surface area contributed by atoms with Crippen LogP contribution in [0.2, 0.25) is 5.02 Å². The second-order valence-corrected chi connectivity index (χ2v) is 6.32. The van der Waals surface area contributed by atoms with Crippen LogP contribution in [0.1, 0.15) is 18.3 Å². The van der Waals surface area contributed by atoms with E-state index in [0.717, 1.165) is 36.8 Å². The third-order valence-corrected chi connectivity index (χ3v) is 4.97. The monoisotopic (exact) mass is 275 g/mol. The lowest BCUT2D eigenvalue weighted by molar-refractivity contribution is 0.382. The molecule has 1 saturated heterocycles. The highest BCUT2D eigenvalue weighted by atomic mass is 35.5. The van der Waals surface area contributed by atoms with Crippen molar-refractivity contribution >= 4 is 22.4 Å². The lowest BCUT2D eigenvalue weighted by Gasteiger charge is -2.26. The summed E-state index contributed by atoms with van der Waals surface area (Å²) in [4.78, 5) is 0. The number of rotatable bonds is 5. The summed E-state index contributed by atoms with van der Waals surface area (Å²) in [5, 5.41) is 8.20. The van der Waals surface area contributed by atoms with Gasteiger partial charge in [0.05, 0.1) is 22.2 Å². The van der Waals surface area contributed by atoms with Gasteiger partial charge in [0.1, 0.15) is 0 Å². The Hall–Kier alpha value is -0.390. The number of nitrogens with one attached hydrogen (secondary N) is 1. The molecule has 1 fully saturated rings. The minimum atomic E-state index is -0.844. The van der Waals surface area contributed by atoms with Gasteiger partial charge in [-0.2, -0.15) is 5.10 Å². The molecule has 1 aliphatic heterocycles. The molecule has 17 heavy (non-hydrogen) atoms. The molecule has 0 saturated carbocycles. The molecular formula is C11H18ClN3OS. The van der Waals surface area contributed by atoms with E-state index in [1.807, 2.05) is 18.5 Å². The summed E-state index contributed by atoms with van der Waals surface area (Å²) in [5.74, 6) is 1.84. The van der Waals surface area contributed by atoms with Gasteiger partial charge in [-0.25, -0.2) is 0 Å². The van der Waals surface area contributed by atoms with Crippen molar-refractivity contribution < 1.29 is 4.21 Å². The average molecular weight is 276 g/mol. The van der Waals surface area contributed by atoms with Crippen LogP contribution in [0.3, 0.4) is 0 Å². The van der Waals surface area contributed by atoms with Gasteiger partial charge in [-0.05, 0) is 19.8 Å². The molecule has 0 amide bonds. The molecule has 1 aromatic heterocycles. The Morgan fingerprint density at radius 1 is 1.59 bits per heavy atom. The summed E-state index contributed by atoms with van der Waals surface area (Å²) in [6, 6.07) is 0. The predicted molar refractivity (Wildman–Crippen MR) is 70.7 cm³/mol. The first-order valence-corrected chi connectivity index (χ1v) is 7.75. The van der Waals surface area contributed by atoms with Gasteiger partial charge in [0.2, 0.25) is 0 Å². The first-order chi connectivity index (χ1) is 8.11. The van der Waals surface area contributed by atoms with E-state index in [0.29, 0.717) is 16.7 Å². The van der Waals surface area contributed by atoms with Gasteiger partial charge in [-0.1, -0.05) is 11.6 Å². The summed E-state index contributed by atoms with van der Waals surface area (Å²) in [7, 11) is -0.844. The van der Waals surface area contributed by atoms with Gasteiger partial charge in [-0.15, -0.1) is 0 Å². The minimum Gasteiger partial charge on any atom is -0.316 e. The topological polar surface area (TPSA) is 46.9 Å². The summed E-state index contributed by atoms with van der Waals surface area (Å²) in [5.41, 5.74) is 1.74. The van der Waals surface area contributed by atoms with E-state index in [1.54, 1.807) is 0 Å². The smallest absolute Gasteiger partial charge is 0.0856 e. The standard InChI is InChI=1S/C11H18ClN3OS/c1-3-15-10(11(12)8(2)14-15)7-17(16)6-9-4-13-5-9/h9,13H,3-7H2,1-2H3. The SMILES string of the molecule is CCn1nc(C)c(Cl)c1CS(=O)CC1CNC1. The maximum Gasteiger partial charge on any atom is 0.0856 e. The fourth-order valence-electron chi connectivity index (χ4n) is 1.95. The molecule has 1 aliphatic rings. The number of aromatic nitrogens is 2. The third kappa shape index (κ3) is 2.89. The average Bonchev–Trinajstić information content (AvgIpc) is 2.51. The molecule has 4 nitrogen and oxygen atoms in total. The molecule has 0 aliphatic carbocycles. The van der Waals surface area contributed by atoms with Crippen LogP contribution in [0.5, 0.6) is 0 Å². The highest BCUT2D eigenvalue weighted by molar-refractivity contribution is 7.84. The number of hydrogen-bond donors (Lipinski definition) is 1. The largest absolute Gasteiger partial charge is 0.316 e. The van der Waals surface area contributed by atoms with E-state index in [9.17, 15) is 4.21 Å². The molecule has 0 spiro atoms. The fourth-order valence-corrected chi connectivity index (χ4v) is 3.71. The van der Waals surface area contributed by atoms with Gasteiger partial charge >= 0.3 is 0 Å². The van der Waals surface area contributed by atoms with Crippen LogP contribution in [0.4, 0.5) is 0 Å². The van der Waals surface area contributed by atoms with Crippen LogP contribution in [-0.4, -0.2) is 32.8 Å². The van der Waals surface area contributed by atoms with Crippen LogP contribution in [0, 0.1) is 12.8 Å². The first-order valence-electron chi connectivity index (χ1n) is 5.89. The van der Waals surface area contributed by atoms with E-state index in [1.165, 1.54) is 0 Å². The van der Waals surface area contributed by atoms with Crippen molar-refractivity contribution in [1.82, 2.24) is 15.1 Å². The molecule has 1 unspecified atom stereocenters. The molecule has 6 heteroatoms. The number of aryl methyl sites for hydroxylation is 2. The molecule has 1 atom stereocenters. The molecule has 2 heterocycles. The third-order valence-electron chi connectivity index (χ3n) is 3.04. The van der Waals surface area contributed by atoms with Crippen molar-refractivity contribution in [1.29, 1.82) is 0 Å². The minimum absolute atomic E-state index is 0.518. The summed E-state index contributed by atoms with van der Waals surface area (Å²) < 4.78 is 13.9. The van der Waals surface area contributed by atoms with Crippen molar-refractivity contribution in [3.05, 3.63) is 16.4 Å². The molecular weight excluding hydrogens is 258 g/mol. The number of hydrogen-bond acceptors (Lipinski definition) is 3. The zero-order valence-electron chi connectivity index (χ0n) is 10.2. The van der Waals surface area contributed by atoms with E-state index in [-0.39, 0.29) is 0 Å². The van der Waals surface area contributed by atoms with Crippen LogP contribution < -0.4 is 5.32 Å². The van der Waals surface area contributed by atoms with E-state index in [2.05, 4.69) is 10.4 Å². The van der Waals surface area contributed by atoms with Gasteiger partial charge < -0.3 is 5.32 Å². The molecule has 1 N–H and O–H groups in total. The van der Waals surface area contributed by atoms with Gasteiger partial charge in [0, 0.05) is 36.2 Å². The van der Waals surface area contributed by atoms with Gasteiger partial charge in [-0.3, -0.25) is 8.89 Å². The molecule has 96 valence electrons. The van der Waals surface area contributed by atoms with E-state index < -0.39 is 10.8 Å². The Morgan fingerprint density at radius 3 is 2.82 bits per heavy atom. The Morgan fingerprint density at radius 2 is 2.29 bits per heavy atom. The zero-order valence-corrected chi connectivity index (χ0v) is 11.8. The second kappa shape index (κ2) is 5.50. The Kier molecular flexibility index (Phi) is 4.22. The van der Waals surface area contributed by atoms with Crippen LogP contribution in [0.15, 0.2) is 0 Å². The van der Waals surface area contributed by atoms with Gasteiger partial charge in [0.15, 0.2) is 0 Å². The number of nitrogens with zero attached hydrogens (tertiary/aromatic N) is 2. The Bertz CT molecular complexity index is 429. The maximum absolute atomic E-state index is 12.0. The first kappa shape index (κ1) is 13.1. The van der Waals surface area contributed by atoms with E-state index in [4.69, 9.17) is 11.6 Å². The second-order valence-electron chi connectivity index (χ2n) is 4.44. The fraction of sp³-hybridized carbons (Fsp3) is 0.727. The lowest BCUT2D eigenvalue weighted by atomic mass is 10.1. The van der Waals surface area contributed by atoms with Crippen molar-refractivity contribution in [3.8, 4) is 0 Å². The Labute approximate surface area is 109 Å². The van der Waals surface area contributed by atoms with Crippen molar-refractivity contribution in [2.24, 2.45) is 5.92 Å². The summed E-state index contributed by atoms with van der Waals surface area (Å²) in [6.07, 6.45) is 0. The van der Waals surface area contributed by atoms with Crippen molar-refractivity contribution in [2.75, 3.05) is 18.8 Å². The van der Waals surface area contributed by atoms with Crippen LogP contribution in [0.25, 0.3) is 0 Å². The molecule has 1 aromatic rings. The Balaban J connectivity index is 2.03. The van der Waals surface area contributed by atoms with Crippen LogP contribution in [-0.2, 0) is 23.1 Å². The number of halogens is 1. The molecule has 0 aromatic carbocycles. The normalized spacial score (nSPS) is 18.1. The van der Waals surface area contributed by atoms with E-state index >= 15 is 0 Å². The predicted octanol–water partition coefficient (Wildman–Crippen LogP) is 1.33. The van der Waals surface area contributed by atoms with Gasteiger partial charge in [0.25, 0.3) is 0 Å². The molecule has 0 bridgehead atoms. The highest BCUT2D eigenvalue weighted by Gasteiger charge is 2.21. The summed E-state index contributed by atoms with van der Waals surface area (Å²) >= 11 is 6.19. The molecule has 2 rings (SSSR count).